The number of pyridine rings is 1. The van der Waals surface area contributed by atoms with Crippen LogP contribution in [-0.2, 0) is 0 Å². The summed E-state index contributed by atoms with van der Waals surface area (Å²) in [6.07, 6.45) is 1.77. The van der Waals surface area contributed by atoms with Crippen LogP contribution in [0.5, 0.6) is 0 Å². The van der Waals surface area contributed by atoms with Crippen LogP contribution in [0.1, 0.15) is 23.1 Å². The van der Waals surface area contributed by atoms with E-state index in [-0.39, 0.29) is 5.78 Å². The second-order valence-corrected chi connectivity index (χ2v) is 4.49. The van der Waals surface area contributed by atoms with Gasteiger partial charge < -0.3 is 0 Å². The molecule has 1 aromatic carbocycles. The van der Waals surface area contributed by atoms with Crippen LogP contribution in [0, 0.1) is 6.92 Å². The van der Waals surface area contributed by atoms with E-state index in [2.05, 4.69) is 10.1 Å². The van der Waals surface area contributed by atoms with Gasteiger partial charge in [-0.25, -0.2) is 4.68 Å². The Labute approximate surface area is 110 Å². The zero-order chi connectivity index (χ0) is 13.4. The molecule has 2 heterocycles. The molecule has 19 heavy (non-hydrogen) atoms. The van der Waals surface area contributed by atoms with Gasteiger partial charge in [-0.1, -0.05) is 6.07 Å². The lowest BCUT2D eigenvalue weighted by Gasteiger charge is -2.07. The lowest BCUT2D eigenvalue weighted by Crippen LogP contribution is -2.02. The molecule has 0 spiro atoms. The van der Waals surface area contributed by atoms with Crippen molar-refractivity contribution in [1.29, 1.82) is 0 Å². The van der Waals surface area contributed by atoms with Gasteiger partial charge in [-0.3, -0.25) is 9.78 Å². The van der Waals surface area contributed by atoms with Gasteiger partial charge in [-0.05, 0) is 37.3 Å². The van der Waals surface area contributed by atoms with E-state index in [1.807, 2.05) is 37.3 Å². The number of aromatic nitrogens is 3. The standard InChI is InChI=1S/C15H13N3O/c1-10-9-14(11(2)19)17-18(10)15-7-3-6-13-12(15)5-4-8-16-13/h3-9H,1-2H3. The smallest absolute Gasteiger partial charge is 0.180 e. The third-order valence-corrected chi connectivity index (χ3v) is 3.10. The normalized spacial score (nSPS) is 10.8. The van der Waals surface area contributed by atoms with E-state index in [0.29, 0.717) is 5.69 Å². The van der Waals surface area contributed by atoms with Crippen molar-refractivity contribution in [3.05, 3.63) is 54.0 Å². The van der Waals surface area contributed by atoms with Gasteiger partial charge in [-0.15, -0.1) is 0 Å². The van der Waals surface area contributed by atoms with Gasteiger partial charge in [0.2, 0.25) is 0 Å². The van der Waals surface area contributed by atoms with Crippen molar-refractivity contribution in [2.75, 3.05) is 0 Å². The summed E-state index contributed by atoms with van der Waals surface area (Å²) in [7, 11) is 0. The molecule has 0 saturated heterocycles. The van der Waals surface area contributed by atoms with E-state index in [9.17, 15) is 4.79 Å². The number of Topliss-reactive ketones (excluding diaryl/α,β-unsaturated/α-hetero) is 1. The molecule has 0 aliphatic rings. The molecule has 0 aliphatic carbocycles. The second-order valence-electron chi connectivity index (χ2n) is 4.49. The first-order valence-corrected chi connectivity index (χ1v) is 6.08. The second kappa shape index (κ2) is 4.31. The highest BCUT2D eigenvalue weighted by Gasteiger charge is 2.11. The Morgan fingerprint density at radius 1 is 1.21 bits per heavy atom. The number of hydrogen-bond acceptors (Lipinski definition) is 3. The maximum absolute atomic E-state index is 11.4. The first-order valence-electron chi connectivity index (χ1n) is 6.08. The topological polar surface area (TPSA) is 47.8 Å². The summed E-state index contributed by atoms with van der Waals surface area (Å²) in [5, 5.41) is 5.39. The molecule has 0 bridgehead atoms. The monoisotopic (exact) mass is 251 g/mol. The van der Waals surface area contributed by atoms with Crippen LogP contribution < -0.4 is 0 Å². The molecule has 3 aromatic rings. The fourth-order valence-corrected chi connectivity index (χ4v) is 2.16. The molecule has 0 atom stereocenters. The van der Waals surface area contributed by atoms with Gasteiger partial charge in [0, 0.05) is 24.2 Å². The Hall–Kier alpha value is -2.49. The summed E-state index contributed by atoms with van der Waals surface area (Å²) in [5.41, 5.74) is 3.27. The highest BCUT2D eigenvalue weighted by Crippen LogP contribution is 2.21. The maximum atomic E-state index is 11.4. The lowest BCUT2D eigenvalue weighted by molar-refractivity contribution is 0.101. The SMILES string of the molecule is CC(=O)c1cc(C)n(-c2cccc3ncccc23)n1. The number of ketones is 1. The summed E-state index contributed by atoms with van der Waals surface area (Å²) in [4.78, 5) is 15.7. The molecule has 3 rings (SSSR count). The molecule has 4 nitrogen and oxygen atoms in total. The van der Waals surface area contributed by atoms with E-state index in [0.717, 1.165) is 22.3 Å². The molecule has 0 fully saturated rings. The minimum atomic E-state index is -0.0276. The number of benzene rings is 1. The van der Waals surface area contributed by atoms with Crippen molar-refractivity contribution in [2.45, 2.75) is 13.8 Å². The number of carbonyl (C=O) groups excluding carboxylic acids is 1. The molecular formula is C15H13N3O. The minimum absolute atomic E-state index is 0.0276. The molecule has 0 amide bonds. The molecule has 94 valence electrons. The van der Waals surface area contributed by atoms with Gasteiger partial charge in [0.25, 0.3) is 0 Å². The predicted octanol–water partition coefficient (Wildman–Crippen LogP) is 2.93. The number of carbonyl (C=O) groups is 1. The quantitative estimate of drug-likeness (QED) is 0.658. The zero-order valence-corrected chi connectivity index (χ0v) is 10.8. The predicted molar refractivity (Wildman–Crippen MR) is 73.6 cm³/mol. The van der Waals surface area contributed by atoms with Crippen LogP contribution in [0.25, 0.3) is 16.6 Å². The van der Waals surface area contributed by atoms with Crippen molar-refractivity contribution in [3.63, 3.8) is 0 Å². The highest BCUT2D eigenvalue weighted by molar-refractivity contribution is 5.92. The van der Waals surface area contributed by atoms with E-state index >= 15 is 0 Å². The Balaban J connectivity index is 2.27. The summed E-state index contributed by atoms with van der Waals surface area (Å²) in [6, 6.07) is 11.6. The average Bonchev–Trinajstić information content (AvgIpc) is 2.80. The Bertz CT molecular complexity index is 769. The Morgan fingerprint density at radius 3 is 2.79 bits per heavy atom. The van der Waals surface area contributed by atoms with E-state index < -0.39 is 0 Å². The molecule has 2 aromatic heterocycles. The van der Waals surface area contributed by atoms with Gasteiger partial charge in [0.1, 0.15) is 5.69 Å². The van der Waals surface area contributed by atoms with Crippen molar-refractivity contribution in [1.82, 2.24) is 14.8 Å². The highest BCUT2D eigenvalue weighted by atomic mass is 16.1. The fraction of sp³-hybridized carbons (Fsp3) is 0.133. The van der Waals surface area contributed by atoms with Crippen molar-refractivity contribution >= 4 is 16.7 Å². The van der Waals surface area contributed by atoms with E-state index in [4.69, 9.17) is 0 Å². The van der Waals surface area contributed by atoms with Crippen LogP contribution >= 0.6 is 0 Å². The third kappa shape index (κ3) is 1.91. The van der Waals surface area contributed by atoms with Gasteiger partial charge in [-0.2, -0.15) is 5.10 Å². The minimum Gasteiger partial charge on any atom is -0.293 e. The summed E-state index contributed by atoms with van der Waals surface area (Å²) in [6.45, 7) is 3.46. The van der Waals surface area contributed by atoms with Gasteiger partial charge >= 0.3 is 0 Å². The number of hydrogen-bond donors (Lipinski definition) is 0. The fourth-order valence-electron chi connectivity index (χ4n) is 2.16. The largest absolute Gasteiger partial charge is 0.293 e. The lowest BCUT2D eigenvalue weighted by atomic mass is 10.2. The van der Waals surface area contributed by atoms with Crippen LogP contribution in [0.15, 0.2) is 42.6 Å². The van der Waals surface area contributed by atoms with Gasteiger partial charge in [0.15, 0.2) is 5.78 Å². The molecule has 0 N–H and O–H groups in total. The number of nitrogens with zero attached hydrogens (tertiary/aromatic N) is 3. The van der Waals surface area contributed by atoms with Crippen molar-refractivity contribution in [3.8, 4) is 5.69 Å². The summed E-state index contributed by atoms with van der Waals surface area (Å²) >= 11 is 0. The first kappa shape index (κ1) is 11.6. The van der Waals surface area contributed by atoms with Crippen LogP contribution in [0.4, 0.5) is 0 Å². The van der Waals surface area contributed by atoms with Crippen LogP contribution in [0.2, 0.25) is 0 Å². The van der Waals surface area contributed by atoms with Gasteiger partial charge in [0.05, 0.1) is 11.2 Å². The summed E-state index contributed by atoms with van der Waals surface area (Å²) in [5.74, 6) is -0.0276. The molecule has 0 saturated carbocycles. The Kier molecular flexibility index (Phi) is 2.63. The Morgan fingerprint density at radius 2 is 2.05 bits per heavy atom. The molecule has 4 heteroatoms. The molecule has 0 unspecified atom stereocenters. The van der Waals surface area contributed by atoms with Crippen LogP contribution in [0.3, 0.4) is 0 Å². The number of rotatable bonds is 2. The van der Waals surface area contributed by atoms with Crippen molar-refractivity contribution in [2.24, 2.45) is 0 Å². The molecule has 0 aliphatic heterocycles. The van der Waals surface area contributed by atoms with E-state index in [1.54, 1.807) is 16.9 Å². The summed E-state index contributed by atoms with van der Waals surface area (Å²) < 4.78 is 1.79. The molecular weight excluding hydrogens is 238 g/mol. The third-order valence-electron chi connectivity index (χ3n) is 3.10. The number of fused-ring (bicyclic) bond motifs is 1. The average molecular weight is 251 g/mol. The van der Waals surface area contributed by atoms with Crippen molar-refractivity contribution < 1.29 is 4.79 Å². The zero-order valence-electron chi connectivity index (χ0n) is 10.8. The maximum Gasteiger partial charge on any atom is 0.180 e. The number of aryl methyl sites for hydroxylation is 1. The van der Waals surface area contributed by atoms with Crippen LogP contribution in [-0.4, -0.2) is 20.5 Å². The molecule has 0 radical (unpaired) electrons. The van der Waals surface area contributed by atoms with E-state index in [1.165, 1.54) is 6.92 Å². The first-order chi connectivity index (χ1) is 9.16.